The average molecular weight is 303 g/mol. The van der Waals surface area contributed by atoms with E-state index in [-0.39, 0.29) is 5.78 Å². The average Bonchev–Trinajstić information content (AvgIpc) is 2.35. The highest BCUT2D eigenvalue weighted by atomic mass is 79.9. The Bertz CT molecular complexity index is 570. The number of halogens is 1. The molecule has 0 saturated heterocycles. The van der Waals surface area contributed by atoms with Crippen LogP contribution in [0.3, 0.4) is 0 Å². The monoisotopic (exact) mass is 302 g/mol. The van der Waals surface area contributed by atoms with E-state index < -0.39 is 0 Å². The molecule has 0 fully saturated rings. The van der Waals surface area contributed by atoms with E-state index in [0.717, 1.165) is 21.2 Å². The first-order valence-electron chi connectivity index (χ1n) is 5.91. The van der Waals surface area contributed by atoms with Crippen molar-refractivity contribution in [3.8, 4) is 0 Å². The zero-order chi connectivity index (χ0) is 13.1. The van der Waals surface area contributed by atoms with Gasteiger partial charge in [0.1, 0.15) is 0 Å². The van der Waals surface area contributed by atoms with Crippen LogP contribution in [0.25, 0.3) is 0 Å². The number of Topliss-reactive ketones (excluding diaryl/α,β-unsaturated/α-hetero) is 1. The lowest BCUT2D eigenvalue weighted by molar-refractivity contribution is 0.0993. The molecular weight excluding hydrogens is 288 g/mol. The van der Waals surface area contributed by atoms with Crippen LogP contribution in [-0.4, -0.2) is 5.78 Å². The van der Waals surface area contributed by atoms with Crippen molar-refractivity contribution in [3.05, 3.63) is 69.2 Å². The first-order chi connectivity index (χ1) is 8.56. The van der Waals surface area contributed by atoms with Crippen LogP contribution < -0.4 is 0 Å². The lowest BCUT2D eigenvalue weighted by Crippen LogP contribution is -2.03. The molecule has 0 radical (unpaired) electrons. The minimum Gasteiger partial charge on any atom is -0.294 e. The zero-order valence-corrected chi connectivity index (χ0v) is 12.1. The van der Waals surface area contributed by atoms with Crippen LogP contribution >= 0.6 is 15.9 Å². The highest BCUT2D eigenvalue weighted by molar-refractivity contribution is 9.10. The first kappa shape index (κ1) is 13.0. The number of aryl methyl sites for hydroxylation is 2. The van der Waals surface area contributed by atoms with Gasteiger partial charge in [0.2, 0.25) is 0 Å². The predicted octanol–water partition coefficient (Wildman–Crippen LogP) is 4.49. The van der Waals surface area contributed by atoms with Crippen LogP contribution in [0.15, 0.2) is 46.9 Å². The largest absolute Gasteiger partial charge is 0.294 e. The molecule has 0 N–H and O–H groups in total. The predicted molar refractivity (Wildman–Crippen MR) is 78.1 cm³/mol. The van der Waals surface area contributed by atoms with Gasteiger partial charge in [-0.05, 0) is 31.0 Å². The summed E-state index contributed by atoms with van der Waals surface area (Å²) in [5.74, 6) is 0.152. The van der Waals surface area contributed by atoms with Gasteiger partial charge in [0, 0.05) is 16.5 Å². The van der Waals surface area contributed by atoms with Crippen LogP contribution in [0.5, 0.6) is 0 Å². The third-order valence-corrected chi connectivity index (χ3v) is 3.83. The Kier molecular flexibility index (Phi) is 3.97. The van der Waals surface area contributed by atoms with Gasteiger partial charge >= 0.3 is 0 Å². The number of rotatable bonds is 3. The summed E-state index contributed by atoms with van der Waals surface area (Å²) < 4.78 is 0.984. The topological polar surface area (TPSA) is 17.1 Å². The van der Waals surface area contributed by atoms with E-state index in [9.17, 15) is 4.79 Å². The van der Waals surface area contributed by atoms with E-state index >= 15 is 0 Å². The maximum absolute atomic E-state index is 12.1. The van der Waals surface area contributed by atoms with Crippen molar-refractivity contribution in [2.75, 3.05) is 0 Å². The van der Waals surface area contributed by atoms with Crippen molar-refractivity contribution >= 4 is 21.7 Å². The third-order valence-electron chi connectivity index (χ3n) is 2.98. The number of carbonyl (C=O) groups is 1. The van der Waals surface area contributed by atoms with E-state index in [0.29, 0.717) is 6.42 Å². The molecule has 2 heteroatoms. The zero-order valence-electron chi connectivity index (χ0n) is 10.5. The molecule has 0 amide bonds. The Balaban J connectivity index is 2.16. The molecule has 0 atom stereocenters. The summed E-state index contributed by atoms with van der Waals surface area (Å²) in [7, 11) is 0. The molecule has 0 aliphatic heterocycles. The van der Waals surface area contributed by atoms with Crippen LogP contribution in [0.4, 0.5) is 0 Å². The molecule has 0 bridgehead atoms. The summed E-state index contributed by atoms with van der Waals surface area (Å²) >= 11 is 3.46. The minimum atomic E-state index is 0.152. The fourth-order valence-electron chi connectivity index (χ4n) is 1.76. The van der Waals surface area contributed by atoms with Gasteiger partial charge in [0.25, 0.3) is 0 Å². The molecule has 2 aromatic rings. The molecule has 0 unspecified atom stereocenters. The van der Waals surface area contributed by atoms with E-state index in [1.807, 2.05) is 56.3 Å². The first-order valence-corrected chi connectivity index (χ1v) is 6.70. The number of benzene rings is 2. The lowest BCUT2D eigenvalue weighted by Gasteiger charge is -2.04. The summed E-state index contributed by atoms with van der Waals surface area (Å²) in [5.41, 5.74) is 4.17. The van der Waals surface area contributed by atoms with Gasteiger partial charge in [-0.3, -0.25) is 4.79 Å². The number of hydrogen-bond acceptors (Lipinski definition) is 1. The SMILES string of the molecule is Cc1ccc(CC(=O)c2ccc(C)c(Br)c2)cc1. The second-order valence-electron chi connectivity index (χ2n) is 4.55. The molecule has 2 aromatic carbocycles. The summed E-state index contributed by atoms with van der Waals surface area (Å²) in [6, 6.07) is 13.8. The van der Waals surface area contributed by atoms with Gasteiger partial charge < -0.3 is 0 Å². The van der Waals surface area contributed by atoms with E-state index in [1.165, 1.54) is 5.56 Å². The standard InChI is InChI=1S/C16H15BrO/c1-11-3-6-13(7-4-11)9-16(18)14-8-5-12(2)15(17)10-14/h3-8,10H,9H2,1-2H3. The quantitative estimate of drug-likeness (QED) is 0.763. The van der Waals surface area contributed by atoms with Crippen molar-refractivity contribution in [1.29, 1.82) is 0 Å². The Morgan fingerprint density at radius 2 is 1.72 bits per heavy atom. The van der Waals surface area contributed by atoms with Gasteiger partial charge in [-0.1, -0.05) is 57.9 Å². The van der Waals surface area contributed by atoms with Crippen molar-refractivity contribution in [3.63, 3.8) is 0 Å². The molecule has 0 aromatic heterocycles. The van der Waals surface area contributed by atoms with Crippen molar-refractivity contribution in [1.82, 2.24) is 0 Å². The molecule has 92 valence electrons. The summed E-state index contributed by atoms with van der Waals surface area (Å²) in [5, 5.41) is 0. The maximum Gasteiger partial charge on any atom is 0.167 e. The van der Waals surface area contributed by atoms with E-state index in [1.54, 1.807) is 0 Å². The van der Waals surface area contributed by atoms with Crippen molar-refractivity contribution in [2.45, 2.75) is 20.3 Å². The van der Waals surface area contributed by atoms with E-state index in [4.69, 9.17) is 0 Å². The minimum absolute atomic E-state index is 0.152. The maximum atomic E-state index is 12.1. The normalized spacial score (nSPS) is 10.4. The smallest absolute Gasteiger partial charge is 0.167 e. The van der Waals surface area contributed by atoms with Crippen molar-refractivity contribution < 1.29 is 4.79 Å². The van der Waals surface area contributed by atoms with Gasteiger partial charge in [0.15, 0.2) is 5.78 Å². The molecule has 0 aliphatic carbocycles. The summed E-state index contributed by atoms with van der Waals surface area (Å²) in [6.45, 7) is 4.06. The van der Waals surface area contributed by atoms with Crippen LogP contribution in [0.1, 0.15) is 27.0 Å². The molecule has 0 aliphatic rings. The number of carbonyl (C=O) groups excluding carboxylic acids is 1. The molecule has 2 rings (SSSR count). The highest BCUT2D eigenvalue weighted by Crippen LogP contribution is 2.19. The summed E-state index contributed by atoms with van der Waals surface area (Å²) in [6.07, 6.45) is 0.454. The Labute approximate surface area is 116 Å². The highest BCUT2D eigenvalue weighted by Gasteiger charge is 2.08. The molecule has 1 nitrogen and oxygen atoms in total. The van der Waals surface area contributed by atoms with Gasteiger partial charge in [0.05, 0.1) is 0 Å². The third kappa shape index (κ3) is 3.08. The fraction of sp³-hybridized carbons (Fsp3) is 0.188. The van der Waals surface area contributed by atoms with Crippen molar-refractivity contribution in [2.24, 2.45) is 0 Å². The van der Waals surface area contributed by atoms with Gasteiger partial charge in [-0.2, -0.15) is 0 Å². The Morgan fingerprint density at radius 3 is 2.33 bits per heavy atom. The molecule has 0 heterocycles. The number of hydrogen-bond donors (Lipinski definition) is 0. The second-order valence-corrected chi connectivity index (χ2v) is 5.40. The number of ketones is 1. The Morgan fingerprint density at radius 1 is 1.06 bits per heavy atom. The van der Waals surface area contributed by atoms with Crippen LogP contribution in [0, 0.1) is 13.8 Å². The molecule has 0 saturated carbocycles. The second kappa shape index (κ2) is 5.49. The molecular formula is C16H15BrO. The van der Waals surface area contributed by atoms with Gasteiger partial charge in [-0.15, -0.1) is 0 Å². The van der Waals surface area contributed by atoms with Crippen LogP contribution in [-0.2, 0) is 6.42 Å². The van der Waals surface area contributed by atoms with E-state index in [2.05, 4.69) is 15.9 Å². The summed E-state index contributed by atoms with van der Waals surface area (Å²) in [4.78, 5) is 12.1. The van der Waals surface area contributed by atoms with Crippen LogP contribution in [0.2, 0.25) is 0 Å². The lowest BCUT2D eigenvalue weighted by atomic mass is 10.0. The fourth-order valence-corrected chi connectivity index (χ4v) is 2.14. The van der Waals surface area contributed by atoms with Gasteiger partial charge in [-0.25, -0.2) is 0 Å². The molecule has 0 spiro atoms. The molecule has 18 heavy (non-hydrogen) atoms. The Hall–Kier alpha value is -1.41.